The first kappa shape index (κ1) is 19.6. The van der Waals surface area contributed by atoms with Gasteiger partial charge in [0.1, 0.15) is 5.82 Å². The number of amides is 1. The van der Waals surface area contributed by atoms with Gasteiger partial charge >= 0.3 is 0 Å². The minimum absolute atomic E-state index is 0.108. The predicted octanol–water partition coefficient (Wildman–Crippen LogP) is 2.78. The summed E-state index contributed by atoms with van der Waals surface area (Å²) in [6, 6.07) is 3.92. The highest BCUT2D eigenvalue weighted by Gasteiger charge is 2.26. The summed E-state index contributed by atoms with van der Waals surface area (Å²) in [5.41, 5.74) is 2.96. The third-order valence-corrected chi connectivity index (χ3v) is 5.60. The Balaban J connectivity index is 1.61. The second-order valence-corrected chi connectivity index (χ2v) is 8.30. The molecule has 0 unspecified atom stereocenters. The number of anilines is 2. The average Bonchev–Trinajstić information content (AvgIpc) is 3.19. The topological polar surface area (TPSA) is 74.2 Å². The Morgan fingerprint density at radius 1 is 1.10 bits per heavy atom. The van der Waals surface area contributed by atoms with Crippen LogP contribution < -0.4 is 10.2 Å². The summed E-state index contributed by atoms with van der Waals surface area (Å²) in [7, 11) is 0. The molecule has 0 radical (unpaired) electrons. The zero-order chi connectivity index (χ0) is 20.2. The number of carbonyl (C=O) groups is 1. The molecule has 29 heavy (non-hydrogen) atoms. The van der Waals surface area contributed by atoms with E-state index in [1.54, 1.807) is 12.4 Å². The molecule has 2 aliphatic rings. The Kier molecular flexibility index (Phi) is 5.92. The van der Waals surface area contributed by atoms with E-state index in [4.69, 9.17) is 4.98 Å². The number of nitrogens with zero attached hydrogens (tertiary/aromatic N) is 5. The first-order valence-electron chi connectivity index (χ1n) is 10.7. The highest BCUT2D eigenvalue weighted by Crippen LogP contribution is 2.25. The number of hydrogen-bond donors (Lipinski definition) is 1. The Hall–Kier alpha value is -2.70. The number of hydrogen-bond acceptors (Lipinski definition) is 6. The number of nitrogens with one attached hydrogen (secondary N) is 1. The van der Waals surface area contributed by atoms with E-state index in [0.29, 0.717) is 5.92 Å². The van der Waals surface area contributed by atoms with Crippen molar-refractivity contribution in [1.82, 2.24) is 19.9 Å². The van der Waals surface area contributed by atoms with Gasteiger partial charge in [-0.15, -0.1) is 0 Å². The maximum Gasteiger partial charge on any atom is 0.257 e. The van der Waals surface area contributed by atoms with Gasteiger partial charge in [-0.1, -0.05) is 13.8 Å². The number of rotatable bonds is 5. The molecule has 0 atom stereocenters. The van der Waals surface area contributed by atoms with Crippen molar-refractivity contribution in [3.05, 3.63) is 41.3 Å². The predicted molar refractivity (Wildman–Crippen MR) is 114 cm³/mol. The van der Waals surface area contributed by atoms with E-state index in [2.05, 4.69) is 40.1 Å². The summed E-state index contributed by atoms with van der Waals surface area (Å²) in [5.74, 6) is 2.08. The third kappa shape index (κ3) is 4.49. The highest BCUT2D eigenvalue weighted by molar-refractivity contribution is 5.99. The lowest BCUT2D eigenvalue weighted by Gasteiger charge is -2.20. The molecule has 1 amide bonds. The Morgan fingerprint density at radius 2 is 1.83 bits per heavy atom. The lowest BCUT2D eigenvalue weighted by molar-refractivity contribution is 0.0793. The molecule has 154 valence electrons. The summed E-state index contributed by atoms with van der Waals surface area (Å²) in [6.07, 6.45) is 7.39. The fourth-order valence-electron chi connectivity index (χ4n) is 3.98. The van der Waals surface area contributed by atoms with Crippen LogP contribution in [0.2, 0.25) is 0 Å². The fourth-order valence-corrected chi connectivity index (χ4v) is 3.98. The number of likely N-dealkylation sites (tertiary alicyclic amines) is 1. The molecule has 2 aromatic rings. The van der Waals surface area contributed by atoms with Crippen molar-refractivity contribution in [2.45, 2.75) is 39.5 Å². The van der Waals surface area contributed by atoms with E-state index in [1.807, 2.05) is 11.0 Å². The molecular weight excluding hydrogens is 364 g/mol. The number of aromatic nitrogens is 3. The van der Waals surface area contributed by atoms with Crippen molar-refractivity contribution >= 4 is 17.7 Å². The van der Waals surface area contributed by atoms with Crippen LogP contribution in [0.5, 0.6) is 0 Å². The summed E-state index contributed by atoms with van der Waals surface area (Å²) in [6.45, 7) is 8.47. The van der Waals surface area contributed by atoms with E-state index < -0.39 is 0 Å². The molecule has 0 aliphatic carbocycles. The summed E-state index contributed by atoms with van der Waals surface area (Å²) < 4.78 is 0. The van der Waals surface area contributed by atoms with Gasteiger partial charge in [-0.2, -0.15) is 0 Å². The van der Waals surface area contributed by atoms with E-state index >= 15 is 0 Å². The van der Waals surface area contributed by atoms with Gasteiger partial charge in [0.2, 0.25) is 5.95 Å². The van der Waals surface area contributed by atoms with Crippen LogP contribution in [0, 0.1) is 5.92 Å². The molecule has 0 saturated carbocycles. The van der Waals surface area contributed by atoms with Crippen LogP contribution in [0.1, 0.15) is 48.3 Å². The molecule has 7 nitrogen and oxygen atoms in total. The Labute approximate surface area is 172 Å². The highest BCUT2D eigenvalue weighted by atomic mass is 16.2. The molecule has 1 saturated heterocycles. The number of pyridine rings is 1. The minimum Gasteiger partial charge on any atom is -0.369 e. The maximum atomic E-state index is 13.2. The van der Waals surface area contributed by atoms with E-state index in [-0.39, 0.29) is 5.91 Å². The largest absolute Gasteiger partial charge is 0.369 e. The summed E-state index contributed by atoms with van der Waals surface area (Å²) in [4.78, 5) is 31.1. The zero-order valence-corrected chi connectivity index (χ0v) is 17.4. The Morgan fingerprint density at radius 3 is 2.55 bits per heavy atom. The smallest absolute Gasteiger partial charge is 0.257 e. The van der Waals surface area contributed by atoms with Gasteiger partial charge in [0.15, 0.2) is 0 Å². The van der Waals surface area contributed by atoms with Gasteiger partial charge in [-0.05, 0) is 42.9 Å². The molecule has 1 N–H and O–H groups in total. The molecule has 1 fully saturated rings. The van der Waals surface area contributed by atoms with Crippen LogP contribution in [0.3, 0.4) is 0 Å². The lowest BCUT2D eigenvalue weighted by atomic mass is 10.0. The van der Waals surface area contributed by atoms with E-state index in [1.165, 1.54) is 5.56 Å². The molecule has 0 bridgehead atoms. The Bertz CT molecular complexity index is 848. The average molecular weight is 395 g/mol. The van der Waals surface area contributed by atoms with Gasteiger partial charge in [0, 0.05) is 57.2 Å². The van der Waals surface area contributed by atoms with Crippen molar-refractivity contribution in [2.75, 3.05) is 42.9 Å². The third-order valence-electron chi connectivity index (χ3n) is 5.60. The van der Waals surface area contributed by atoms with Crippen LogP contribution in [0.25, 0.3) is 0 Å². The molecule has 4 rings (SSSR count). The second kappa shape index (κ2) is 8.76. The van der Waals surface area contributed by atoms with Gasteiger partial charge in [-0.25, -0.2) is 15.0 Å². The quantitative estimate of drug-likeness (QED) is 0.841. The second-order valence-electron chi connectivity index (χ2n) is 8.30. The zero-order valence-electron chi connectivity index (χ0n) is 17.4. The van der Waals surface area contributed by atoms with Crippen molar-refractivity contribution in [3.63, 3.8) is 0 Å². The molecule has 2 aliphatic heterocycles. The number of fused-ring (bicyclic) bond motifs is 1. The van der Waals surface area contributed by atoms with Gasteiger partial charge in [-0.3, -0.25) is 4.79 Å². The standard InChI is InChI=1S/C22H30N6O/c1-16(2)15-25-20-18(21(29)27-10-3-4-11-27)14-17-6-12-28(13-7-19(17)26-20)22-23-8-5-9-24-22/h5,8-9,14,16H,3-4,6-7,10-13,15H2,1-2H3,(H,25,26). The molecule has 0 aromatic carbocycles. The van der Waals surface area contributed by atoms with E-state index in [0.717, 1.165) is 81.4 Å². The van der Waals surface area contributed by atoms with Crippen molar-refractivity contribution in [2.24, 2.45) is 5.92 Å². The molecular formula is C22H30N6O. The molecule has 2 aromatic heterocycles. The molecule has 0 spiro atoms. The summed E-state index contributed by atoms with van der Waals surface area (Å²) in [5, 5.41) is 3.43. The number of carbonyl (C=O) groups excluding carboxylic acids is 1. The van der Waals surface area contributed by atoms with E-state index in [9.17, 15) is 4.79 Å². The van der Waals surface area contributed by atoms with Crippen LogP contribution >= 0.6 is 0 Å². The van der Waals surface area contributed by atoms with Crippen molar-refractivity contribution in [1.29, 1.82) is 0 Å². The monoisotopic (exact) mass is 394 g/mol. The van der Waals surface area contributed by atoms with Crippen molar-refractivity contribution in [3.8, 4) is 0 Å². The first-order chi connectivity index (χ1) is 14.1. The van der Waals surface area contributed by atoms with Crippen LogP contribution in [-0.2, 0) is 12.8 Å². The van der Waals surface area contributed by atoms with Gasteiger partial charge in [0.05, 0.1) is 5.56 Å². The maximum absolute atomic E-state index is 13.2. The first-order valence-corrected chi connectivity index (χ1v) is 10.7. The van der Waals surface area contributed by atoms with Crippen LogP contribution in [0.15, 0.2) is 24.5 Å². The minimum atomic E-state index is 0.108. The molecule has 4 heterocycles. The van der Waals surface area contributed by atoms with Crippen molar-refractivity contribution < 1.29 is 4.79 Å². The SMILES string of the molecule is CC(C)CNc1nc2c(cc1C(=O)N1CCCC1)CCN(c1ncccn1)CC2. The summed E-state index contributed by atoms with van der Waals surface area (Å²) >= 11 is 0. The fraction of sp³-hybridized carbons (Fsp3) is 0.545. The molecule has 7 heteroatoms. The van der Waals surface area contributed by atoms with Gasteiger partial charge < -0.3 is 15.1 Å². The lowest BCUT2D eigenvalue weighted by Crippen LogP contribution is -2.29. The normalized spacial score (nSPS) is 16.7. The van der Waals surface area contributed by atoms with Crippen LogP contribution in [-0.4, -0.2) is 58.5 Å². The van der Waals surface area contributed by atoms with Gasteiger partial charge in [0.25, 0.3) is 5.91 Å². The van der Waals surface area contributed by atoms with Crippen LogP contribution in [0.4, 0.5) is 11.8 Å².